The molecular formula is C28H18ClF3N2O3. The SMILES string of the molecule is CCc1ccc2oc(=O)c3c(c2c1)OC(N)=C(C#N)C3c1ccc(-c2ccc(Cl)c(C(F)(F)F)c2)cc1. The first-order valence-corrected chi connectivity index (χ1v) is 11.6. The van der Waals surface area contributed by atoms with E-state index in [1.54, 1.807) is 30.3 Å². The van der Waals surface area contributed by atoms with E-state index in [4.69, 9.17) is 26.5 Å². The lowest BCUT2D eigenvalue weighted by atomic mass is 9.83. The number of hydrogen-bond acceptors (Lipinski definition) is 5. The molecule has 1 aliphatic rings. The van der Waals surface area contributed by atoms with Crippen LogP contribution in [0.1, 0.15) is 35.1 Å². The molecule has 0 bridgehead atoms. The van der Waals surface area contributed by atoms with Crippen LogP contribution in [0.15, 0.2) is 81.3 Å². The lowest BCUT2D eigenvalue weighted by Crippen LogP contribution is -2.26. The van der Waals surface area contributed by atoms with Gasteiger partial charge in [-0.2, -0.15) is 18.4 Å². The highest BCUT2D eigenvalue weighted by atomic mass is 35.5. The van der Waals surface area contributed by atoms with E-state index in [9.17, 15) is 23.2 Å². The van der Waals surface area contributed by atoms with Crippen LogP contribution in [-0.4, -0.2) is 0 Å². The summed E-state index contributed by atoms with van der Waals surface area (Å²) >= 11 is 5.75. The number of nitriles is 1. The van der Waals surface area contributed by atoms with Crippen LogP contribution >= 0.6 is 11.6 Å². The molecule has 37 heavy (non-hydrogen) atoms. The third-order valence-corrected chi connectivity index (χ3v) is 6.72. The number of rotatable bonds is 3. The highest BCUT2D eigenvalue weighted by Crippen LogP contribution is 2.44. The van der Waals surface area contributed by atoms with Crippen LogP contribution in [0.25, 0.3) is 22.1 Å². The Bertz CT molecular complexity index is 1680. The molecule has 1 unspecified atom stereocenters. The van der Waals surface area contributed by atoms with E-state index in [2.05, 4.69) is 0 Å². The van der Waals surface area contributed by atoms with Gasteiger partial charge in [0.2, 0.25) is 5.88 Å². The van der Waals surface area contributed by atoms with Gasteiger partial charge in [-0.25, -0.2) is 4.79 Å². The molecule has 0 fully saturated rings. The van der Waals surface area contributed by atoms with E-state index in [-0.39, 0.29) is 22.8 Å². The largest absolute Gasteiger partial charge is 0.439 e. The summed E-state index contributed by atoms with van der Waals surface area (Å²) in [6, 6.07) is 17.5. The predicted molar refractivity (Wildman–Crippen MR) is 133 cm³/mol. The van der Waals surface area contributed by atoms with Crippen molar-refractivity contribution < 1.29 is 22.3 Å². The standard InChI is InChI=1S/C28H18ClF3N2O3/c1-2-14-3-10-22-18(11-14)25-24(27(35)36-22)23(19(13-33)26(34)37-25)16-6-4-15(5-7-16)17-8-9-21(29)20(12-17)28(30,31)32/h3-12,23H,2,34H2,1H3. The number of ether oxygens (including phenoxy) is 1. The van der Waals surface area contributed by atoms with E-state index in [0.717, 1.165) is 18.1 Å². The van der Waals surface area contributed by atoms with Crippen LogP contribution < -0.4 is 16.1 Å². The van der Waals surface area contributed by atoms with Gasteiger partial charge in [-0.3, -0.25) is 0 Å². The lowest BCUT2D eigenvalue weighted by molar-refractivity contribution is -0.137. The van der Waals surface area contributed by atoms with Crippen molar-refractivity contribution in [3.63, 3.8) is 0 Å². The lowest BCUT2D eigenvalue weighted by Gasteiger charge is -2.26. The van der Waals surface area contributed by atoms with Gasteiger partial charge in [0.05, 0.1) is 27.5 Å². The first-order chi connectivity index (χ1) is 17.6. The molecule has 0 amide bonds. The average Bonchev–Trinajstić information content (AvgIpc) is 2.87. The molecule has 2 N–H and O–H groups in total. The molecule has 0 radical (unpaired) electrons. The maximum Gasteiger partial charge on any atom is 0.417 e. The minimum absolute atomic E-state index is 0.0318. The number of nitrogens with two attached hydrogens (primary N) is 1. The summed E-state index contributed by atoms with van der Waals surface area (Å²) in [5.41, 5.74) is 7.31. The number of fused-ring (bicyclic) bond motifs is 3. The Kier molecular flexibility index (Phi) is 5.97. The Morgan fingerprint density at radius 1 is 1.05 bits per heavy atom. The third kappa shape index (κ3) is 4.21. The molecule has 1 aromatic heterocycles. The van der Waals surface area contributed by atoms with Gasteiger partial charge < -0.3 is 14.9 Å². The maximum atomic E-state index is 13.3. The van der Waals surface area contributed by atoms with Crippen LogP contribution in [0.5, 0.6) is 5.75 Å². The minimum atomic E-state index is -4.60. The zero-order chi connectivity index (χ0) is 26.5. The first kappa shape index (κ1) is 24.5. The van der Waals surface area contributed by atoms with E-state index in [1.807, 2.05) is 25.1 Å². The average molecular weight is 523 g/mol. The molecule has 0 aliphatic carbocycles. The number of benzene rings is 3. The Labute approximate surface area is 214 Å². The van der Waals surface area contributed by atoms with Crippen molar-refractivity contribution in [3.05, 3.63) is 110 Å². The summed E-state index contributed by atoms with van der Waals surface area (Å²) in [4.78, 5) is 13.1. The van der Waals surface area contributed by atoms with Crippen molar-refractivity contribution >= 4 is 22.6 Å². The van der Waals surface area contributed by atoms with Crippen molar-refractivity contribution in [1.29, 1.82) is 5.26 Å². The van der Waals surface area contributed by atoms with Gasteiger partial charge in [0.15, 0.2) is 5.75 Å². The van der Waals surface area contributed by atoms with Crippen molar-refractivity contribution in [3.8, 4) is 22.9 Å². The van der Waals surface area contributed by atoms with Crippen molar-refractivity contribution in [2.75, 3.05) is 0 Å². The summed E-state index contributed by atoms with van der Waals surface area (Å²) in [7, 11) is 0. The van der Waals surface area contributed by atoms with Crippen LogP contribution in [0.4, 0.5) is 13.2 Å². The van der Waals surface area contributed by atoms with Gasteiger partial charge in [-0.15, -0.1) is 0 Å². The summed E-state index contributed by atoms with van der Waals surface area (Å²) in [5.74, 6) is -0.797. The number of halogens is 4. The predicted octanol–water partition coefficient (Wildman–Crippen LogP) is 6.91. The number of hydrogen-bond donors (Lipinski definition) is 1. The van der Waals surface area contributed by atoms with Crippen LogP contribution in [0.3, 0.4) is 0 Å². The quantitative estimate of drug-likeness (QED) is 0.295. The number of alkyl halides is 3. The Balaban J connectivity index is 1.65. The van der Waals surface area contributed by atoms with Gasteiger partial charge >= 0.3 is 11.8 Å². The molecule has 5 nitrogen and oxygen atoms in total. The maximum absolute atomic E-state index is 13.3. The molecule has 3 aromatic carbocycles. The normalized spacial score (nSPS) is 15.3. The monoisotopic (exact) mass is 522 g/mol. The van der Waals surface area contributed by atoms with E-state index >= 15 is 0 Å². The van der Waals surface area contributed by atoms with E-state index in [0.29, 0.717) is 27.7 Å². The van der Waals surface area contributed by atoms with Crippen molar-refractivity contribution in [2.45, 2.75) is 25.4 Å². The molecule has 1 aliphatic heterocycles. The van der Waals surface area contributed by atoms with Crippen LogP contribution in [-0.2, 0) is 12.6 Å². The van der Waals surface area contributed by atoms with Gasteiger partial charge in [0.1, 0.15) is 17.2 Å². The summed E-state index contributed by atoms with van der Waals surface area (Å²) in [6.07, 6.45) is -3.86. The Morgan fingerprint density at radius 3 is 2.41 bits per heavy atom. The van der Waals surface area contributed by atoms with E-state index in [1.165, 1.54) is 12.1 Å². The topological polar surface area (TPSA) is 89.2 Å². The first-order valence-electron chi connectivity index (χ1n) is 11.3. The fraction of sp³-hybridized carbons (Fsp3) is 0.143. The number of nitrogens with zero attached hydrogens (tertiary/aromatic N) is 1. The van der Waals surface area contributed by atoms with Gasteiger partial charge in [0.25, 0.3) is 0 Å². The fourth-order valence-corrected chi connectivity index (χ4v) is 4.73. The summed E-state index contributed by atoms with van der Waals surface area (Å²) in [6.45, 7) is 1.98. The fourth-order valence-electron chi connectivity index (χ4n) is 4.51. The molecule has 1 atom stereocenters. The molecule has 0 saturated heterocycles. The van der Waals surface area contributed by atoms with Crippen LogP contribution in [0.2, 0.25) is 5.02 Å². The summed E-state index contributed by atoms with van der Waals surface area (Å²) < 4.78 is 51.3. The Hall–Kier alpha value is -4.22. The molecule has 5 rings (SSSR count). The second-order valence-corrected chi connectivity index (χ2v) is 8.96. The highest BCUT2D eigenvalue weighted by Gasteiger charge is 2.36. The van der Waals surface area contributed by atoms with Crippen molar-refractivity contribution in [1.82, 2.24) is 0 Å². The minimum Gasteiger partial charge on any atom is -0.439 e. The van der Waals surface area contributed by atoms with E-state index < -0.39 is 28.3 Å². The van der Waals surface area contributed by atoms with Gasteiger partial charge in [-0.1, -0.05) is 54.9 Å². The molecule has 9 heteroatoms. The molecule has 0 spiro atoms. The van der Waals surface area contributed by atoms with Gasteiger partial charge in [0, 0.05) is 0 Å². The second kappa shape index (κ2) is 9.02. The summed E-state index contributed by atoms with van der Waals surface area (Å²) in [5, 5.41) is 10.0. The molecular weight excluding hydrogens is 505 g/mol. The number of allylic oxidation sites excluding steroid dienone is 1. The van der Waals surface area contributed by atoms with Crippen molar-refractivity contribution in [2.24, 2.45) is 5.73 Å². The zero-order valence-corrected chi connectivity index (χ0v) is 20.1. The molecule has 4 aromatic rings. The smallest absolute Gasteiger partial charge is 0.417 e. The van der Waals surface area contributed by atoms with Crippen LogP contribution in [0, 0.1) is 11.3 Å². The number of aryl methyl sites for hydroxylation is 1. The third-order valence-electron chi connectivity index (χ3n) is 6.39. The molecule has 2 heterocycles. The second-order valence-electron chi connectivity index (χ2n) is 8.56. The molecule has 186 valence electrons. The zero-order valence-electron chi connectivity index (χ0n) is 19.3. The Morgan fingerprint density at radius 2 is 1.76 bits per heavy atom. The molecule has 0 saturated carbocycles. The highest BCUT2D eigenvalue weighted by molar-refractivity contribution is 6.31. The van der Waals surface area contributed by atoms with Gasteiger partial charge in [-0.05, 0) is 52.9 Å².